The number of carbonyl (C=O) groups is 1. The number of hydrogen-bond acceptors (Lipinski definition) is 4. The quantitative estimate of drug-likeness (QED) is 0.908. The third kappa shape index (κ3) is 3.05. The van der Waals surface area contributed by atoms with E-state index in [1.165, 1.54) is 12.4 Å². The van der Waals surface area contributed by atoms with Crippen LogP contribution in [-0.2, 0) is 0 Å². The van der Waals surface area contributed by atoms with Crippen LogP contribution in [0.25, 0.3) is 0 Å². The molecule has 3 rings (SSSR count). The van der Waals surface area contributed by atoms with Gasteiger partial charge in [-0.3, -0.25) is 4.79 Å². The Morgan fingerprint density at radius 3 is 2.55 bits per heavy atom. The molecule has 1 aliphatic rings. The van der Waals surface area contributed by atoms with Gasteiger partial charge in [-0.05, 0) is 25.0 Å². The van der Waals surface area contributed by atoms with Crippen molar-refractivity contribution in [2.45, 2.75) is 18.9 Å². The molecular weight excluding hydrogens is 276 g/mol. The van der Waals surface area contributed by atoms with Crippen molar-refractivity contribution in [2.24, 2.45) is 0 Å². The summed E-state index contributed by atoms with van der Waals surface area (Å²) in [5.74, 6) is 0.276. The summed E-state index contributed by atoms with van der Waals surface area (Å²) in [6.07, 6.45) is 5.12. The fraction of sp³-hybridized carbons (Fsp3) is 0.214. The lowest BCUT2D eigenvalue weighted by molar-refractivity contribution is 0.0950. The van der Waals surface area contributed by atoms with Gasteiger partial charge >= 0.3 is 0 Å². The van der Waals surface area contributed by atoms with Crippen molar-refractivity contribution in [3.63, 3.8) is 0 Å². The first-order chi connectivity index (χ1) is 9.72. The van der Waals surface area contributed by atoms with Crippen LogP contribution < -0.4 is 10.6 Å². The Morgan fingerprint density at radius 2 is 1.90 bits per heavy atom. The molecule has 1 amide bonds. The van der Waals surface area contributed by atoms with Gasteiger partial charge in [-0.2, -0.15) is 0 Å². The van der Waals surface area contributed by atoms with Gasteiger partial charge in [0.15, 0.2) is 0 Å². The van der Waals surface area contributed by atoms with Crippen LogP contribution >= 0.6 is 11.6 Å². The second-order valence-electron chi connectivity index (χ2n) is 4.65. The van der Waals surface area contributed by atoms with Gasteiger partial charge in [0.1, 0.15) is 0 Å². The normalized spacial score (nSPS) is 13.8. The maximum atomic E-state index is 11.8. The number of rotatable bonds is 4. The Kier molecular flexibility index (Phi) is 3.52. The number of hydrogen-bond donors (Lipinski definition) is 2. The second kappa shape index (κ2) is 5.46. The minimum atomic E-state index is -0.128. The van der Waals surface area contributed by atoms with Gasteiger partial charge in [-0.25, -0.2) is 9.97 Å². The molecule has 0 aliphatic heterocycles. The highest BCUT2D eigenvalue weighted by molar-refractivity contribution is 6.33. The Balaban J connectivity index is 1.69. The van der Waals surface area contributed by atoms with Gasteiger partial charge in [0.05, 0.1) is 16.3 Å². The van der Waals surface area contributed by atoms with Crippen LogP contribution in [0.2, 0.25) is 5.02 Å². The highest BCUT2D eigenvalue weighted by atomic mass is 35.5. The van der Waals surface area contributed by atoms with E-state index in [0.29, 0.717) is 22.6 Å². The molecule has 1 aromatic carbocycles. The molecular formula is C14H13ClN4O. The predicted octanol–water partition coefficient (Wildman–Crippen LogP) is 2.77. The number of benzene rings is 1. The molecule has 0 spiro atoms. The summed E-state index contributed by atoms with van der Waals surface area (Å²) in [5.41, 5.74) is 1.19. The molecule has 6 heteroatoms. The number of aromatic nitrogens is 2. The van der Waals surface area contributed by atoms with Gasteiger partial charge in [0.25, 0.3) is 5.91 Å². The minimum Gasteiger partial charge on any atom is -0.349 e. The van der Waals surface area contributed by atoms with Gasteiger partial charge in [0.2, 0.25) is 5.95 Å². The number of halogens is 1. The van der Waals surface area contributed by atoms with Crippen molar-refractivity contribution in [1.29, 1.82) is 0 Å². The van der Waals surface area contributed by atoms with E-state index in [4.69, 9.17) is 11.6 Å². The largest absolute Gasteiger partial charge is 0.349 e. The third-order valence-corrected chi connectivity index (χ3v) is 3.28. The van der Waals surface area contributed by atoms with Crippen molar-refractivity contribution >= 4 is 29.1 Å². The molecule has 0 radical (unpaired) electrons. The number of amides is 1. The van der Waals surface area contributed by atoms with Crippen LogP contribution in [0.15, 0.2) is 36.7 Å². The highest BCUT2D eigenvalue weighted by Crippen LogP contribution is 2.23. The molecule has 102 valence electrons. The van der Waals surface area contributed by atoms with Crippen molar-refractivity contribution in [3.8, 4) is 0 Å². The fourth-order valence-corrected chi connectivity index (χ4v) is 1.87. The van der Waals surface area contributed by atoms with Crippen LogP contribution in [-0.4, -0.2) is 21.9 Å². The zero-order valence-corrected chi connectivity index (χ0v) is 11.4. The lowest BCUT2D eigenvalue weighted by Crippen LogP contribution is -2.25. The van der Waals surface area contributed by atoms with E-state index in [9.17, 15) is 4.79 Å². The second-order valence-corrected chi connectivity index (χ2v) is 5.06. The van der Waals surface area contributed by atoms with Gasteiger partial charge < -0.3 is 10.6 Å². The maximum absolute atomic E-state index is 11.8. The summed E-state index contributed by atoms with van der Waals surface area (Å²) < 4.78 is 0. The van der Waals surface area contributed by atoms with Gasteiger partial charge in [-0.1, -0.05) is 23.7 Å². The van der Waals surface area contributed by atoms with E-state index in [1.807, 2.05) is 18.2 Å². The number of anilines is 2. The van der Waals surface area contributed by atoms with Crippen LogP contribution in [0, 0.1) is 0 Å². The van der Waals surface area contributed by atoms with Crippen molar-refractivity contribution in [3.05, 3.63) is 47.2 Å². The molecule has 1 aromatic heterocycles. The van der Waals surface area contributed by atoms with Crippen molar-refractivity contribution in [2.75, 3.05) is 5.32 Å². The zero-order chi connectivity index (χ0) is 13.9. The summed E-state index contributed by atoms with van der Waals surface area (Å²) in [5, 5.41) is 6.48. The monoisotopic (exact) mass is 288 g/mol. The minimum absolute atomic E-state index is 0.128. The van der Waals surface area contributed by atoms with E-state index >= 15 is 0 Å². The van der Waals surface area contributed by atoms with Crippen LogP contribution in [0.4, 0.5) is 11.6 Å². The summed E-state index contributed by atoms with van der Waals surface area (Å²) in [4.78, 5) is 20.0. The standard InChI is InChI=1S/C14H13ClN4O/c15-11-3-1-2-4-12(11)19-14-16-7-9(8-17-14)13(20)18-10-5-6-10/h1-4,7-8,10H,5-6H2,(H,18,20)(H,16,17,19). The SMILES string of the molecule is O=C(NC1CC1)c1cnc(Nc2ccccc2Cl)nc1. The molecule has 0 bridgehead atoms. The lowest BCUT2D eigenvalue weighted by atomic mass is 10.3. The van der Waals surface area contributed by atoms with Gasteiger partial charge in [-0.15, -0.1) is 0 Å². The summed E-state index contributed by atoms with van der Waals surface area (Å²) in [7, 11) is 0. The Bertz CT molecular complexity index is 625. The first-order valence-electron chi connectivity index (χ1n) is 6.37. The summed E-state index contributed by atoms with van der Waals surface area (Å²) in [6.45, 7) is 0. The van der Waals surface area contributed by atoms with E-state index in [1.54, 1.807) is 6.07 Å². The van der Waals surface area contributed by atoms with E-state index < -0.39 is 0 Å². The average molecular weight is 289 g/mol. The molecule has 0 unspecified atom stereocenters. The number of para-hydroxylation sites is 1. The van der Waals surface area contributed by atoms with Crippen LogP contribution in [0.1, 0.15) is 23.2 Å². The average Bonchev–Trinajstić information content (AvgIpc) is 3.26. The molecule has 1 fully saturated rings. The summed E-state index contributed by atoms with van der Waals surface area (Å²) in [6, 6.07) is 7.65. The Labute approximate surface area is 121 Å². The van der Waals surface area contributed by atoms with Crippen LogP contribution in [0.3, 0.4) is 0 Å². The molecule has 0 atom stereocenters. The summed E-state index contributed by atoms with van der Waals surface area (Å²) >= 11 is 6.04. The van der Waals surface area contributed by atoms with Crippen molar-refractivity contribution < 1.29 is 4.79 Å². The Morgan fingerprint density at radius 1 is 1.20 bits per heavy atom. The molecule has 1 saturated carbocycles. The molecule has 1 aliphatic carbocycles. The smallest absolute Gasteiger partial charge is 0.254 e. The van der Waals surface area contributed by atoms with Crippen LogP contribution in [0.5, 0.6) is 0 Å². The topological polar surface area (TPSA) is 66.9 Å². The zero-order valence-electron chi connectivity index (χ0n) is 10.6. The van der Waals surface area contributed by atoms with E-state index in [-0.39, 0.29) is 5.91 Å². The first-order valence-corrected chi connectivity index (χ1v) is 6.74. The predicted molar refractivity (Wildman–Crippen MR) is 77.3 cm³/mol. The third-order valence-electron chi connectivity index (χ3n) is 2.95. The Hall–Kier alpha value is -2.14. The molecule has 0 saturated heterocycles. The molecule has 5 nitrogen and oxygen atoms in total. The van der Waals surface area contributed by atoms with E-state index in [0.717, 1.165) is 18.5 Å². The number of carbonyl (C=O) groups excluding carboxylic acids is 1. The molecule has 2 aromatic rings. The fourth-order valence-electron chi connectivity index (χ4n) is 1.69. The van der Waals surface area contributed by atoms with E-state index in [2.05, 4.69) is 20.6 Å². The molecule has 20 heavy (non-hydrogen) atoms. The lowest BCUT2D eigenvalue weighted by Gasteiger charge is -2.07. The number of nitrogens with zero attached hydrogens (tertiary/aromatic N) is 2. The molecule has 1 heterocycles. The first kappa shape index (κ1) is 12.9. The van der Waals surface area contributed by atoms with Gasteiger partial charge in [0, 0.05) is 18.4 Å². The number of nitrogens with one attached hydrogen (secondary N) is 2. The maximum Gasteiger partial charge on any atom is 0.254 e. The van der Waals surface area contributed by atoms with Crippen molar-refractivity contribution in [1.82, 2.24) is 15.3 Å². The highest BCUT2D eigenvalue weighted by Gasteiger charge is 2.23. The molecule has 2 N–H and O–H groups in total.